The summed E-state index contributed by atoms with van der Waals surface area (Å²) in [5.41, 5.74) is 13.2. The molecule has 4 heteroatoms. The van der Waals surface area contributed by atoms with Crippen molar-refractivity contribution in [2.45, 2.75) is 6.42 Å². The highest BCUT2D eigenvalue weighted by molar-refractivity contribution is 6.30. The first-order chi connectivity index (χ1) is 20.3. The Morgan fingerprint density at radius 2 is 1.41 bits per heavy atom. The number of benzene rings is 5. The van der Waals surface area contributed by atoms with Crippen LogP contribution in [-0.2, 0) is 6.42 Å². The van der Waals surface area contributed by atoms with Gasteiger partial charge in [0.1, 0.15) is 5.65 Å². The number of rotatable bonds is 1. The van der Waals surface area contributed by atoms with Crippen molar-refractivity contribution in [3.63, 3.8) is 0 Å². The predicted molar refractivity (Wildman–Crippen MR) is 168 cm³/mol. The van der Waals surface area contributed by atoms with Gasteiger partial charge in [0, 0.05) is 38.8 Å². The standard InChI is InChI=1S/C37H22N4/c1-2-9-24(10-3-1)40-32-15-14-27-35(26-16-17-38-21-34(26)41-31-13-7-6-12-30(31)39-37(27)41)36(32)29-19-23-18-22-8-4-5-11-25(22)28(23)20-33(29)40/h1-17,19-21H,18H2. The van der Waals surface area contributed by atoms with Gasteiger partial charge in [-0.25, -0.2) is 4.98 Å². The Balaban J connectivity index is 1.47. The van der Waals surface area contributed by atoms with Crippen LogP contribution in [0.4, 0.5) is 0 Å². The van der Waals surface area contributed by atoms with Gasteiger partial charge < -0.3 is 4.57 Å². The number of hydrogen-bond acceptors (Lipinski definition) is 2. The monoisotopic (exact) mass is 522 g/mol. The zero-order valence-electron chi connectivity index (χ0n) is 22.0. The van der Waals surface area contributed by atoms with Crippen molar-refractivity contribution in [2.75, 3.05) is 0 Å². The summed E-state index contributed by atoms with van der Waals surface area (Å²) in [4.78, 5) is 9.73. The molecule has 0 fully saturated rings. The number of pyridine rings is 2. The van der Waals surface area contributed by atoms with E-state index in [1.807, 2.05) is 12.4 Å². The van der Waals surface area contributed by atoms with E-state index in [1.54, 1.807) is 0 Å². The molecule has 0 aliphatic heterocycles. The Morgan fingerprint density at radius 3 is 2.37 bits per heavy atom. The molecule has 0 atom stereocenters. The summed E-state index contributed by atoms with van der Waals surface area (Å²) in [5, 5.41) is 6.12. The van der Waals surface area contributed by atoms with Crippen molar-refractivity contribution in [1.82, 2.24) is 18.9 Å². The van der Waals surface area contributed by atoms with Gasteiger partial charge in [0.05, 0.1) is 33.8 Å². The van der Waals surface area contributed by atoms with E-state index in [2.05, 4.69) is 123 Å². The van der Waals surface area contributed by atoms with Crippen molar-refractivity contribution >= 4 is 60.2 Å². The van der Waals surface area contributed by atoms with Crippen LogP contribution < -0.4 is 0 Å². The van der Waals surface area contributed by atoms with Gasteiger partial charge in [0.25, 0.3) is 0 Å². The van der Waals surface area contributed by atoms with E-state index in [0.717, 1.165) is 39.7 Å². The molecule has 0 spiro atoms. The van der Waals surface area contributed by atoms with Gasteiger partial charge in [0.2, 0.25) is 0 Å². The molecule has 10 rings (SSSR count). The molecule has 5 aromatic carbocycles. The molecule has 9 aromatic rings. The first kappa shape index (κ1) is 21.4. The Labute approximate surface area is 234 Å². The molecule has 0 saturated heterocycles. The Bertz CT molecular complexity index is 2550. The molecule has 0 amide bonds. The third-order valence-corrected chi connectivity index (χ3v) is 8.97. The second kappa shape index (κ2) is 7.58. The van der Waals surface area contributed by atoms with E-state index in [9.17, 15) is 0 Å². The molecular weight excluding hydrogens is 500 g/mol. The molecule has 1 aliphatic rings. The number of nitrogens with zero attached hydrogens (tertiary/aromatic N) is 4. The van der Waals surface area contributed by atoms with Gasteiger partial charge in [-0.05, 0) is 83.3 Å². The Kier molecular flexibility index (Phi) is 3.95. The third kappa shape index (κ3) is 2.69. The molecule has 1 aliphatic carbocycles. The highest BCUT2D eigenvalue weighted by Gasteiger charge is 2.24. The minimum absolute atomic E-state index is 0.963. The minimum atomic E-state index is 0.963. The highest BCUT2D eigenvalue weighted by Crippen LogP contribution is 2.45. The van der Waals surface area contributed by atoms with Crippen LogP contribution in [0.2, 0.25) is 0 Å². The zero-order valence-corrected chi connectivity index (χ0v) is 22.0. The third-order valence-electron chi connectivity index (χ3n) is 8.97. The van der Waals surface area contributed by atoms with Crippen molar-refractivity contribution in [3.05, 3.63) is 133 Å². The molecule has 4 aromatic heterocycles. The van der Waals surface area contributed by atoms with Crippen LogP contribution in [0, 0.1) is 0 Å². The largest absolute Gasteiger partial charge is 0.309 e. The summed E-state index contributed by atoms with van der Waals surface area (Å²) in [5.74, 6) is 0. The first-order valence-corrected chi connectivity index (χ1v) is 14.1. The molecule has 4 heterocycles. The predicted octanol–water partition coefficient (Wildman–Crippen LogP) is 8.86. The number of imidazole rings is 1. The van der Waals surface area contributed by atoms with Crippen LogP contribution in [0.25, 0.3) is 77.0 Å². The molecule has 0 radical (unpaired) electrons. The Hall–Kier alpha value is -5.48. The van der Waals surface area contributed by atoms with Crippen LogP contribution in [0.3, 0.4) is 0 Å². The van der Waals surface area contributed by atoms with Crippen LogP contribution in [-0.4, -0.2) is 18.9 Å². The molecule has 0 bridgehead atoms. The maximum absolute atomic E-state index is 5.16. The molecule has 0 saturated carbocycles. The van der Waals surface area contributed by atoms with Crippen LogP contribution >= 0.6 is 0 Å². The summed E-state index contributed by atoms with van der Waals surface area (Å²) in [6, 6.07) is 39.5. The van der Waals surface area contributed by atoms with Gasteiger partial charge >= 0.3 is 0 Å². The fourth-order valence-corrected chi connectivity index (χ4v) is 7.29. The SMILES string of the molecule is c1ccc(-n2c3cc4c(cc3c3c5c6ccncc6n6c7ccccc7nc6c5ccc32)Cc2ccccc2-4)cc1. The van der Waals surface area contributed by atoms with Crippen molar-refractivity contribution < 1.29 is 0 Å². The van der Waals surface area contributed by atoms with E-state index in [-0.39, 0.29) is 0 Å². The summed E-state index contributed by atoms with van der Waals surface area (Å²) >= 11 is 0. The van der Waals surface area contributed by atoms with Gasteiger partial charge in [-0.3, -0.25) is 9.38 Å². The van der Waals surface area contributed by atoms with E-state index in [1.165, 1.54) is 54.8 Å². The first-order valence-electron chi connectivity index (χ1n) is 14.1. The molecule has 0 unspecified atom stereocenters. The van der Waals surface area contributed by atoms with Gasteiger partial charge in [-0.15, -0.1) is 0 Å². The quantitative estimate of drug-likeness (QED) is 0.202. The summed E-state index contributed by atoms with van der Waals surface area (Å²) in [6.45, 7) is 0. The van der Waals surface area contributed by atoms with Gasteiger partial charge in [-0.2, -0.15) is 0 Å². The fourth-order valence-electron chi connectivity index (χ4n) is 7.29. The second-order valence-electron chi connectivity index (χ2n) is 11.1. The maximum Gasteiger partial charge on any atom is 0.146 e. The molecule has 4 nitrogen and oxygen atoms in total. The highest BCUT2D eigenvalue weighted by atomic mass is 15.0. The second-order valence-corrected chi connectivity index (χ2v) is 11.1. The lowest BCUT2D eigenvalue weighted by Crippen LogP contribution is -1.95. The van der Waals surface area contributed by atoms with Crippen LogP contribution in [0.1, 0.15) is 11.1 Å². The summed E-state index contributed by atoms with van der Waals surface area (Å²) in [6.07, 6.45) is 4.86. The number of hydrogen-bond donors (Lipinski definition) is 0. The summed E-state index contributed by atoms with van der Waals surface area (Å²) in [7, 11) is 0. The average molecular weight is 523 g/mol. The van der Waals surface area contributed by atoms with Crippen molar-refractivity contribution in [1.29, 1.82) is 0 Å². The average Bonchev–Trinajstić information content (AvgIpc) is 3.69. The van der Waals surface area contributed by atoms with E-state index >= 15 is 0 Å². The number of para-hydroxylation sites is 3. The van der Waals surface area contributed by atoms with E-state index in [0.29, 0.717) is 0 Å². The lowest BCUT2D eigenvalue weighted by Gasteiger charge is -2.11. The fraction of sp³-hybridized carbons (Fsp3) is 0.0270. The molecule has 0 N–H and O–H groups in total. The van der Waals surface area contributed by atoms with Crippen LogP contribution in [0.5, 0.6) is 0 Å². The van der Waals surface area contributed by atoms with Crippen molar-refractivity contribution in [2.24, 2.45) is 0 Å². The Morgan fingerprint density at radius 1 is 0.561 bits per heavy atom. The normalized spacial score (nSPS) is 12.8. The number of fused-ring (bicyclic) bond motifs is 15. The van der Waals surface area contributed by atoms with Gasteiger partial charge in [-0.1, -0.05) is 54.6 Å². The van der Waals surface area contributed by atoms with E-state index < -0.39 is 0 Å². The van der Waals surface area contributed by atoms with Gasteiger partial charge in [0.15, 0.2) is 0 Å². The number of aromatic nitrogens is 4. The maximum atomic E-state index is 5.16. The minimum Gasteiger partial charge on any atom is -0.309 e. The smallest absolute Gasteiger partial charge is 0.146 e. The van der Waals surface area contributed by atoms with Crippen molar-refractivity contribution in [3.8, 4) is 16.8 Å². The molecular formula is C37H22N4. The topological polar surface area (TPSA) is 35.1 Å². The lowest BCUT2D eigenvalue weighted by atomic mass is 9.98. The summed E-state index contributed by atoms with van der Waals surface area (Å²) < 4.78 is 4.71. The lowest BCUT2D eigenvalue weighted by molar-refractivity contribution is 1.18. The van der Waals surface area contributed by atoms with Crippen LogP contribution in [0.15, 0.2) is 122 Å². The zero-order chi connectivity index (χ0) is 26.7. The molecule has 41 heavy (non-hydrogen) atoms. The molecule has 190 valence electrons. The van der Waals surface area contributed by atoms with E-state index in [4.69, 9.17) is 4.98 Å².